The average Bonchev–Trinajstić information content (AvgIpc) is 2.43. The molecule has 0 aromatic rings. The third-order valence-electron chi connectivity index (χ3n) is 2.78. The summed E-state index contributed by atoms with van der Waals surface area (Å²) in [5.41, 5.74) is 9.98. The molecule has 0 saturated carbocycles. The molecule has 0 fully saturated rings. The Labute approximate surface area is 125 Å². The number of nitrogens with one attached hydrogen (secondary N) is 2. The van der Waals surface area contributed by atoms with Gasteiger partial charge in [-0.1, -0.05) is 0 Å². The molecule has 0 saturated heterocycles. The highest BCUT2D eigenvalue weighted by Crippen LogP contribution is 1.84. The van der Waals surface area contributed by atoms with E-state index in [1.165, 1.54) is 0 Å². The molecule has 0 aliphatic heterocycles. The third kappa shape index (κ3) is 11.9. The number of hydrogen-bond donors (Lipinski definition) is 6. The molecule has 124 valence electrons. The summed E-state index contributed by atoms with van der Waals surface area (Å²) in [5, 5.41) is 8.47. The van der Waals surface area contributed by atoms with Crippen LogP contribution in [-0.4, -0.2) is 61.3 Å². The SMILES string of the molecule is NC(=O)N(N)CCCNCCCNCCCN(N)C(N)=O. The van der Waals surface area contributed by atoms with E-state index in [9.17, 15) is 9.59 Å². The summed E-state index contributed by atoms with van der Waals surface area (Å²) in [7, 11) is 0. The summed E-state index contributed by atoms with van der Waals surface area (Å²) in [6.45, 7) is 4.19. The molecule has 0 aliphatic rings. The molecular weight excluding hydrogens is 276 g/mol. The molecule has 10 N–H and O–H groups in total. The number of amides is 4. The fourth-order valence-electron chi connectivity index (χ4n) is 1.56. The summed E-state index contributed by atoms with van der Waals surface area (Å²) in [5.74, 6) is 10.7. The number of carbonyl (C=O) groups is 2. The van der Waals surface area contributed by atoms with E-state index < -0.39 is 12.1 Å². The topological polar surface area (TPSA) is 169 Å². The lowest BCUT2D eigenvalue weighted by Crippen LogP contribution is -2.42. The molecule has 0 atom stereocenters. The molecule has 0 rings (SSSR count). The molecule has 0 unspecified atom stereocenters. The first-order valence-electron chi connectivity index (χ1n) is 7.00. The fourth-order valence-corrected chi connectivity index (χ4v) is 1.56. The summed E-state index contributed by atoms with van der Waals surface area (Å²) in [4.78, 5) is 21.3. The van der Waals surface area contributed by atoms with Gasteiger partial charge in [-0.3, -0.25) is 10.0 Å². The van der Waals surface area contributed by atoms with Crippen molar-refractivity contribution in [3.63, 3.8) is 0 Å². The number of primary amides is 2. The molecule has 0 aromatic carbocycles. The molecule has 0 bridgehead atoms. The maximum absolute atomic E-state index is 10.6. The van der Waals surface area contributed by atoms with Gasteiger partial charge in [-0.15, -0.1) is 0 Å². The van der Waals surface area contributed by atoms with Crippen molar-refractivity contribution in [1.29, 1.82) is 0 Å². The Bertz CT molecular complexity index is 274. The van der Waals surface area contributed by atoms with E-state index in [2.05, 4.69) is 10.6 Å². The van der Waals surface area contributed by atoms with Gasteiger partial charge in [0.15, 0.2) is 0 Å². The van der Waals surface area contributed by atoms with Crippen molar-refractivity contribution in [2.75, 3.05) is 39.3 Å². The summed E-state index contributed by atoms with van der Waals surface area (Å²) >= 11 is 0. The minimum Gasteiger partial charge on any atom is -0.350 e. The number of hydrogen-bond acceptors (Lipinski definition) is 6. The lowest BCUT2D eigenvalue weighted by molar-refractivity contribution is 0.207. The molecule has 21 heavy (non-hydrogen) atoms. The van der Waals surface area contributed by atoms with E-state index >= 15 is 0 Å². The second kappa shape index (κ2) is 12.1. The van der Waals surface area contributed by atoms with Crippen molar-refractivity contribution in [1.82, 2.24) is 20.7 Å². The van der Waals surface area contributed by atoms with Crippen LogP contribution in [0.3, 0.4) is 0 Å². The molecular formula is C11H28N8O2. The van der Waals surface area contributed by atoms with Gasteiger partial charge in [0, 0.05) is 13.1 Å². The molecule has 0 heterocycles. The van der Waals surface area contributed by atoms with Crippen LogP contribution in [0.5, 0.6) is 0 Å². The predicted molar refractivity (Wildman–Crippen MR) is 80.5 cm³/mol. The molecule has 0 spiro atoms. The highest BCUT2D eigenvalue weighted by molar-refractivity contribution is 5.71. The van der Waals surface area contributed by atoms with Gasteiger partial charge < -0.3 is 22.1 Å². The van der Waals surface area contributed by atoms with Gasteiger partial charge >= 0.3 is 12.1 Å². The van der Waals surface area contributed by atoms with Crippen LogP contribution in [0.1, 0.15) is 19.3 Å². The van der Waals surface area contributed by atoms with E-state index in [1.54, 1.807) is 0 Å². The fraction of sp³-hybridized carbons (Fsp3) is 0.818. The average molecular weight is 304 g/mol. The number of rotatable bonds is 12. The van der Waals surface area contributed by atoms with E-state index in [4.69, 9.17) is 23.2 Å². The quantitative estimate of drug-likeness (QED) is 0.104. The zero-order valence-corrected chi connectivity index (χ0v) is 12.4. The van der Waals surface area contributed by atoms with Gasteiger partial charge in [-0.2, -0.15) is 0 Å². The summed E-state index contributed by atoms with van der Waals surface area (Å²) < 4.78 is 0. The van der Waals surface area contributed by atoms with Gasteiger partial charge in [-0.05, 0) is 45.4 Å². The van der Waals surface area contributed by atoms with Crippen molar-refractivity contribution in [2.24, 2.45) is 23.2 Å². The van der Waals surface area contributed by atoms with E-state index in [0.717, 1.165) is 55.5 Å². The zero-order valence-electron chi connectivity index (χ0n) is 12.4. The first-order valence-corrected chi connectivity index (χ1v) is 7.00. The van der Waals surface area contributed by atoms with Crippen molar-refractivity contribution in [2.45, 2.75) is 19.3 Å². The van der Waals surface area contributed by atoms with Gasteiger partial charge in [0.05, 0.1) is 0 Å². The molecule has 0 radical (unpaired) electrons. The first-order chi connectivity index (χ1) is 9.95. The lowest BCUT2D eigenvalue weighted by Gasteiger charge is -2.14. The van der Waals surface area contributed by atoms with Crippen molar-refractivity contribution < 1.29 is 9.59 Å². The Balaban J connectivity index is 3.19. The normalized spacial score (nSPS) is 10.4. The summed E-state index contributed by atoms with van der Waals surface area (Å²) in [6.07, 6.45) is 2.49. The second-order valence-corrected chi connectivity index (χ2v) is 4.62. The Morgan fingerprint density at radius 1 is 0.714 bits per heavy atom. The largest absolute Gasteiger partial charge is 0.350 e. The van der Waals surface area contributed by atoms with Crippen LogP contribution < -0.4 is 33.8 Å². The maximum Gasteiger partial charge on any atom is 0.328 e. The number of carbonyl (C=O) groups excluding carboxylic acids is 2. The highest BCUT2D eigenvalue weighted by Gasteiger charge is 2.02. The smallest absolute Gasteiger partial charge is 0.328 e. The van der Waals surface area contributed by atoms with Gasteiger partial charge in [-0.25, -0.2) is 21.3 Å². The van der Waals surface area contributed by atoms with Crippen LogP contribution in [-0.2, 0) is 0 Å². The number of hydrazine groups is 2. The van der Waals surface area contributed by atoms with Gasteiger partial charge in [0.25, 0.3) is 0 Å². The minimum atomic E-state index is -0.619. The standard InChI is InChI=1S/C11H28N8O2/c12-10(20)18(14)8-2-6-16-4-1-5-17-7-3-9-19(15)11(13)21/h16-17H,1-9,14-15H2,(H2,12,20)(H2,13,21). The van der Waals surface area contributed by atoms with Crippen LogP contribution in [0.4, 0.5) is 9.59 Å². The number of nitrogens with two attached hydrogens (primary N) is 4. The Kier molecular flexibility index (Phi) is 11.2. The minimum absolute atomic E-state index is 0.441. The molecule has 4 amide bonds. The van der Waals surface area contributed by atoms with Crippen LogP contribution in [0, 0.1) is 0 Å². The summed E-state index contributed by atoms with van der Waals surface area (Å²) in [6, 6.07) is -1.24. The van der Waals surface area contributed by atoms with Crippen LogP contribution in [0.2, 0.25) is 0 Å². The van der Waals surface area contributed by atoms with Crippen molar-refractivity contribution in [3.05, 3.63) is 0 Å². The van der Waals surface area contributed by atoms with E-state index in [-0.39, 0.29) is 0 Å². The predicted octanol–water partition coefficient (Wildman–Crippen LogP) is -2.16. The van der Waals surface area contributed by atoms with E-state index in [1.807, 2.05) is 0 Å². The van der Waals surface area contributed by atoms with Gasteiger partial charge in [0.2, 0.25) is 0 Å². The Morgan fingerprint density at radius 2 is 1.05 bits per heavy atom. The third-order valence-corrected chi connectivity index (χ3v) is 2.78. The Morgan fingerprint density at radius 3 is 1.38 bits per heavy atom. The molecule has 10 heteroatoms. The number of urea groups is 2. The van der Waals surface area contributed by atoms with Crippen LogP contribution >= 0.6 is 0 Å². The van der Waals surface area contributed by atoms with E-state index in [0.29, 0.717) is 13.1 Å². The number of nitrogens with zero attached hydrogens (tertiary/aromatic N) is 2. The highest BCUT2D eigenvalue weighted by atomic mass is 16.2. The lowest BCUT2D eigenvalue weighted by atomic mass is 10.3. The van der Waals surface area contributed by atoms with Crippen molar-refractivity contribution in [3.8, 4) is 0 Å². The molecule has 10 nitrogen and oxygen atoms in total. The second-order valence-electron chi connectivity index (χ2n) is 4.62. The zero-order chi connectivity index (χ0) is 16.1. The van der Waals surface area contributed by atoms with Crippen LogP contribution in [0.25, 0.3) is 0 Å². The molecule has 0 aromatic heterocycles. The monoisotopic (exact) mass is 304 g/mol. The van der Waals surface area contributed by atoms with Gasteiger partial charge in [0.1, 0.15) is 0 Å². The first kappa shape index (κ1) is 19.4. The van der Waals surface area contributed by atoms with Crippen LogP contribution in [0.15, 0.2) is 0 Å². The Hall–Kier alpha value is -1.62. The maximum atomic E-state index is 10.6. The van der Waals surface area contributed by atoms with Crippen molar-refractivity contribution >= 4 is 12.1 Å². The molecule has 0 aliphatic carbocycles.